The van der Waals surface area contributed by atoms with Gasteiger partial charge in [0.25, 0.3) is 0 Å². The highest BCUT2D eigenvalue weighted by Gasteiger charge is 2.12. The second-order valence-electron chi connectivity index (χ2n) is 2.99. The molecule has 0 unspecified atom stereocenters. The van der Waals surface area contributed by atoms with E-state index in [1.54, 1.807) is 18.2 Å². The molecule has 1 heterocycles. The lowest BCUT2D eigenvalue weighted by Crippen LogP contribution is -1.83. The summed E-state index contributed by atoms with van der Waals surface area (Å²) in [6.07, 6.45) is 0. The summed E-state index contributed by atoms with van der Waals surface area (Å²) in [5.74, 6) is 0.275. The Morgan fingerprint density at radius 1 is 1.27 bits per heavy atom. The molecule has 4 heteroatoms. The van der Waals surface area contributed by atoms with E-state index >= 15 is 0 Å². The molecule has 0 bridgehead atoms. The minimum Gasteiger partial charge on any atom is -0.457 e. The number of hydrogen-bond acceptors (Lipinski definition) is 3. The third-order valence-electron chi connectivity index (χ3n) is 2.11. The van der Waals surface area contributed by atoms with Crippen LogP contribution in [0.1, 0.15) is 16.9 Å². The molecule has 0 saturated heterocycles. The van der Waals surface area contributed by atoms with Crippen molar-refractivity contribution in [3.63, 3.8) is 0 Å². The van der Waals surface area contributed by atoms with Crippen LogP contribution in [0.5, 0.6) is 0 Å². The minimum atomic E-state index is -0.471. The number of hydrogen-bond donors (Lipinski definition) is 0. The van der Waals surface area contributed by atoms with Crippen LogP contribution in [-0.4, -0.2) is 0 Å². The summed E-state index contributed by atoms with van der Waals surface area (Å²) in [6, 6.07) is 8.61. The SMILES string of the molecule is N#Cc1ccc2cc(C[O])oc2c1C#N. The predicted octanol–water partition coefficient (Wildman–Crippen LogP) is 2.11. The first-order valence-electron chi connectivity index (χ1n) is 4.24. The van der Waals surface area contributed by atoms with E-state index in [0.29, 0.717) is 11.0 Å². The van der Waals surface area contributed by atoms with Gasteiger partial charge in [-0.1, -0.05) is 0 Å². The average Bonchev–Trinajstić information content (AvgIpc) is 2.70. The van der Waals surface area contributed by atoms with Crippen LogP contribution < -0.4 is 0 Å². The maximum Gasteiger partial charge on any atom is 0.153 e. The maximum atomic E-state index is 10.6. The van der Waals surface area contributed by atoms with Gasteiger partial charge in [0, 0.05) is 5.39 Å². The van der Waals surface area contributed by atoms with Crippen LogP contribution in [0, 0.1) is 22.7 Å². The molecule has 71 valence electrons. The summed E-state index contributed by atoms with van der Waals surface area (Å²) in [7, 11) is 0. The van der Waals surface area contributed by atoms with Gasteiger partial charge >= 0.3 is 0 Å². The van der Waals surface area contributed by atoms with E-state index in [9.17, 15) is 5.11 Å². The smallest absolute Gasteiger partial charge is 0.153 e. The zero-order valence-corrected chi connectivity index (χ0v) is 7.65. The van der Waals surface area contributed by atoms with Gasteiger partial charge in [0.1, 0.15) is 30.1 Å². The molecule has 2 rings (SSSR count). The molecule has 0 aliphatic rings. The van der Waals surface area contributed by atoms with E-state index in [4.69, 9.17) is 14.9 Å². The van der Waals surface area contributed by atoms with Crippen molar-refractivity contribution < 1.29 is 9.52 Å². The van der Waals surface area contributed by atoms with Gasteiger partial charge in [-0.3, -0.25) is 0 Å². The molecule has 0 spiro atoms. The molecule has 0 fully saturated rings. The van der Waals surface area contributed by atoms with E-state index in [1.807, 2.05) is 12.1 Å². The van der Waals surface area contributed by atoms with Crippen molar-refractivity contribution in [3.05, 3.63) is 35.1 Å². The molecule has 1 aromatic carbocycles. The molecule has 0 aliphatic carbocycles. The summed E-state index contributed by atoms with van der Waals surface area (Å²) in [4.78, 5) is 0. The lowest BCUT2D eigenvalue weighted by molar-refractivity contribution is 0.157. The minimum absolute atomic E-state index is 0.190. The molecule has 1 aromatic heterocycles. The third-order valence-corrected chi connectivity index (χ3v) is 2.11. The second kappa shape index (κ2) is 3.45. The van der Waals surface area contributed by atoms with E-state index in [-0.39, 0.29) is 16.9 Å². The van der Waals surface area contributed by atoms with Crippen molar-refractivity contribution in [2.45, 2.75) is 6.61 Å². The highest BCUT2D eigenvalue weighted by Crippen LogP contribution is 2.25. The first kappa shape index (κ1) is 9.26. The van der Waals surface area contributed by atoms with Crippen molar-refractivity contribution in [2.75, 3.05) is 0 Å². The van der Waals surface area contributed by atoms with Gasteiger partial charge in [-0.25, -0.2) is 5.11 Å². The fourth-order valence-electron chi connectivity index (χ4n) is 1.43. The van der Waals surface area contributed by atoms with Gasteiger partial charge in [-0.05, 0) is 18.2 Å². The van der Waals surface area contributed by atoms with Gasteiger partial charge in [0.2, 0.25) is 0 Å². The van der Waals surface area contributed by atoms with Gasteiger partial charge < -0.3 is 4.42 Å². The Morgan fingerprint density at radius 3 is 2.67 bits per heavy atom. The molecular weight excluding hydrogens is 192 g/mol. The summed E-state index contributed by atoms with van der Waals surface area (Å²) in [5, 5.41) is 28.9. The Kier molecular flexibility index (Phi) is 2.13. The Hall–Kier alpha value is -2.30. The van der Waals surface area contributed by atoms with E-state index in [2.05, 4.69) is 0 Å². The van der Waals surface area contributed by atoms with Gasteiger partial charge in [-0.2, -0.15) is 10.5 Å². The second-order valence-corrected chi connectivity index (χ2v) is 2.99. The summed E-state index contributed by atoms with van der Waals surface area (Å²) < 4.78 is 5.20. The highest BCUT2D eigenvalue weighted by atomic mass is 16.4. The van der Waals surface area contributed by atoms with E-state index in [1.165, 1.54) is 0 Å². The molecule has 15 heavy (non-hydrogen) atoms. The van der Waals surface area contributed by atoms with Crippen LogP contribution in [0.3, 0.4) is 0 Å². The average molecular weight is 197 g/mol. The van der Waals surface area contributed by atoms with Crippen LogP contribution in [0.2, 0.25) is 0 Å². The van der Waals surface area contributed by atoms with Crippen molar-refractivity contribution in [2.24, 2.45) is 0 Å². The first-order chi connectivity index (χ1) is 7.30. The quantitative estimate of drug-likeness (QED) is 0.701. The number of furan rings is 1. The number of rotatable bonds is 1. The molecule has 0 N–H and O–H groups in total. The zero-order valence-electron chi connectivity index (χ0n) is 7.65. The fourth-order valence-corrected chi connectivity index (χ4v) is 1.43. The number of nitriles is 2. The lowest BCUT2D eigenvalue weighted by Gasteiger charge is -1.93. The Labute approximate surface area is 85.6 Å². The van der Waals surface area contributed by atoms with Gasteiger partial charge in [0.15, 0.2) is 5.58 Å². The molecule has 0 saturated carbocycles. The molecule has 0 amide bonds. The third kappa shape index (κ3) is 1.34. The molecule has 1 radical (unpaired) electrons. The monoisotopic (exact) mass is 197 g/mol. The summed E-state index contributed by atoms with van der Waals surface area (Å²) in [5.41, 5.74) is 0.772. The molecule has 0 aliphatic heterocycles. The Bertz CT molecular complexity index is 599. The van der Waals surface area contributed by atoms with Gasteiger partial charge in [-0.15, -0.1) is 0 Å². The summed E-state index contributed by atoms with van der Waals surface area (Å²) in [6.45, 7) is -0.471. The van der Waals surface area contributed by atoms with Crippen molar-refractivity contribution in [1.29, 1.82) is 10.5 Å². The molecular formula is C11H5N2O2. The largest absolute Gasteiger partial charge is 0.457 e. The zero-order chi connectivity index (χ0) is 10.8. The molecule has 2 aromatic rings. The van der Waals surface area contributed by atoms with Crippen molar-refractivity contribution in [1.82, 2.24) is 0 Å². The van der Waals surface area contributed by atoms with Crippen LogP contribution in [0.4, 0.5) is 0 Å². The van der Waals surface area contributed by atoms with Crippen LogP contribution in [0.15, 0.2) is 22.6 Å². The number of nitrogens with zero attached hydrogens (tertiary/aromatic N) is 2. The van der Waals surface area contributed by atoms with Crippen LogP contribution >= 0.6 is 0 Å². The van der Waals surface area contributed by atoms with Crippen molar-refractivity contribution in [3.8, 4) is 12.1 Å². The fraction of sp³-hybridized carbons (Fsp3) is 0.0909. The highest BCUT2D eigenvalue weighted by molar-refractivity contribution is 5.85. The molecule has 4 nitrogen and oxygen atoms in total. The van der Waals surface area contributed by atoms with Crippen molar-refractivity contribution >= 4 is 11.0 Å². The van der Waals surface area contributed by atoms with E-state index < -0.39 is 6.61 Å². The first-order valence-corrected chi connectivity index (χ1v) is 4.24. The number of fused-ring (bicyclic) bond motifs is 1. The summed E-state index contributed by atoms with van der Waals surface area (Å²) >= 11 is 0. The van der Waals surface area contributed by atoms with E-state index in [0.717, 1.165) is 0 Å². The predicted molar refractivity (Wildman–Crippen MR) is 50.0 cm³/mol. The lowest BCUT2D eigenvalue weighted by atomic mass is 10.1. The van der Waals surface area contributed by atoms with Crippen LogP contribution in [-0.2, 0) is 11.7 Å². The Morgan fingerprint density at radius 2 is 2.07 bits per heavy atom. The standard InChI is InChI=1S/C11H5N2O2/c12-4-8-2-1-7-3-9(6-14)15-11(7)10(8)5-13/h1-3H,6H2. The number of benzene rings is 1. The Balaban J connectivity index is 2.83. The molecule has 0 atom stereocenters. The maximum absolute atomic E-state index is 10.6. The van der Waals surface area contributed by atoms with Gasteiger partial charge in [0.05, 0.1) is 5.56 Å². The topological polar surface area (TPSA) is 80.6 Å². The van der Waals surface area contributed by atoms with Crippen LogP contribution in [0.25, 0.3) is 11.0 Å². The normalized spacial score (nSPS) is 9.80.